The summed E-state index contributed by atoms with van der Waals surface area (Å²) in [5, 5.41) is 17.8. The quantitative estimate of drug-likeness (QED) is 0.125. The fraction of sp³-hybridized carbons (Fsp3) is 0.516. The summed E-state index contributed by atoms with van der Waals surface area (Å²) in [6, 6.07) is 17.1. The number of nitrogens with one attached hydrogen (secondary N) is 3. The Labute approximate surface area is 233 Å². The molecule has 3 aromatic rings. The van der Waals surface area contributed by atoms with Crippen molar-refractivity contribution in [3.8, 4) is 5.75 Å². The van der Waals surface area contributed by atoms with Crippen molar-refractivity contribution < 1.29 is 19.5 Å². The first-order valence-electron chi connectivity index (χ1n) is 14.5. The second-order valence-electron chi connectivity index (χ2n) is 11.4. The van der Waals surface area contributed by atoms with Gasteiger partial charge in [0.15, 0.2) is 0 Å². The third-order valence-corrected chi connectivity index (χ3v) is 11.9. The summed E-state index contributed by atoms with van der Waals surface area (Å²) in [5.74, 6) is 0.722. The molecule has 1 unspecified atom stereocenters. The standard InChI is InChI=1S/C31H46N3O4P/c1-23(2)39(37,20-16-27-22-26-8-3-4-9-29(26)33-27)34-30(31(35)36)21-25-10-12-28(13-11-25)38-19-6-5-7-24-14-17-32-18-15-24/h3-4,8-13,22-24,30,32-34,37,39H,5-7,14-21H2,1-2H3,(H,35,36). The van der Waals surface area contributed by atoms with Gasteiger partial charge < -0.3 is 5.32 Å². The van der Waals surface area contributed by atoms with E-state index in [4.69, 9.17) is 4.74 Å². The van der Waals surface area contributed by atoms with E-state index in [1.54, 1.807) is 0 Å². The number of carbonyl (C=O) groups is 1. The van der Waals surface area contributed by atoms with Crippen LogP contribution in [0.5, 0.6) is 5.75 Å². The number of aryl methyl sites for hydroxylation is 1. The third kappa shape index (κ3) is 8.77. The Morgan fingerprint density at radius 2 is 1.85 bits per heavy atom. The third-order valence-electron chi connectivity index (χ3n) is 8.14. The van der Waals surface area contributed by atoms with Crippen molar-refractivity contribution in [1.29, 1.82) is 0 Å². The molecule has 5 N–H and O–H groups in total. The molecule has 1 aromatic heterocycles. The first kappa shape index (κ1) is 29.5. The number of unbranched alkanes of at least 4 members (excludes halogenated alkanes) is 1. The molecule has 1 atom stereocenters. The number of aliphatic carboxylic acids is 1. The number of carboxylic acid groups (broad SMARTS) is 1. The molecule has 1 aliphatic heterocycles. The van der Waals surface area contributed by atoms with Crippen LogP contribution in [-0.4, -0.2) is 58.5 Å². The maximum atomic E-state index is 12.2. The van der Waals surface area contributed by atoms with Crippen LogP contribution in [0.4, 0.5) is 0 Å². The fourth-order valence-corrected chi connectivity index (χ4v) is 8.01. The van der Waals surface area contributed by atoms with Gasteiger partial charge in [-0.05, 0) is 31.8 Å². The Kier molecular flexibility index (Phi) is 10.8. The average Bonchev–Trinajstić information content (AvgIpc) is 3.36. The summed E-state index contributed by atoms with van der Waals surface area (Å²) in [6.07, 6.45) is 7.60. The van der Waals surface area contributed by atoms with E-state index in [-0.39, 0.29) is 5.66 Å². The topological polar surface area (TPSA) is 107 Å². The molecule has 1 aliphatic rings. The number of aromatic amines is 1. The fourth-order valence-electron chi connectivity index (χ4n) is 5.48. The molecule has 0 amide bonds. The number of benzene rings is 2. The Morgan fingerprint density at radius 3 is 2.54 bits per heavy atom. The van der Waals surface area contributed by atoms with Crippen LogP contribution in [0, 0.1) is 5.92 Å². The first-order valence-corrected chi connectivity index (χ1v) is 16.8. The second-order valence-corrected chi connectivity index (χ2v) is 15.2. The minimum atomic E-state index is -3.07. The van der Waals surface area contributed by atoms with Gasteiger partial charge in [0.2, 0.25) is 0 Å². The molecule has 1 saturated heterocycles. The van der Waals surface area contributed by atoms with Gasteiger partial charge in [0.05, 0.1) is 0 Å². The number of piperidine rings is 1. The van der Waals surface area contributed by atoms with Crippen LogP contribution in [0.2, 0.25) is 0 Å². The van der Waals surface area contributed by atoms with Gasteiger partial charge in [-0.2, -0.15) is 0 Å². The molecule has 4 rings (SSSR count). The van der Waals surface area contributed by atoms with E-state index in [2.05, 4.69) is 27.5 Å². The van der Waals surface area contributed by atoms with Gasteiger partial charge in [0, 0.05) is 0 Å². The van der Waals surface area contributed by atoms with Crippen molar-refractivity contribution in [3.05, 3.63) is 65.9 Å². The van der Waals surface area contributed by atoms with Crippen molar-refractivity contribution >= 4 is 24.5 Å². The van der Waals surface area contributed by atoms with Gasteiger partial charge in [-0.1, -0.05) is 0 Å². The first-order chi connectivity index (χ1) is 18.8. The van der Waals surface area contributed by atoms with E-state index in [0.717, 1.165) is 53.3 Å². The van der Waals surface area contributed by atoms with E-state index in [1.165, 1.54) is 25.7 Å². The molecule has 2 aromatic carbocycles. The summed E-state index contributed by atoms with van der Waals surface area (Å²) in [6.45, 7) is 6.95. The van der Waals surface area contributed by atoms with Crippen LogP contribution in [-0.2, 0) is 17.6 Å². The number of aromatic nitrogens is 1. The number of hydrogen-bond acceptors (Lipinski definition) is 5. The zero-order chi connectivity index (χ0) is 27.7. The molecule has 0 radical (unpaired) electrons. The van der Waals surface area contributed by atoms with Gasteiger partial charge in [-0.3, -0.25) is 0 Å². The zero-order valence-electron chi connectivity index (χ0n) is 23.4. The van der Waals surface area contributed by atoms with Crippen LogP contribution in [0.3, 0.4) is 0 Å². The molecule has 39 heavy (non-hydrogen) atoms. The number of rotatable bonds is 15. The summed E-state index contributed by atoms with van der Waals surface area (Å²) < 4.78 is 5.93. The molecular weight excluding hydrogens is 509 g/mol. The number of fused-ring (bicyclic) bond motifs is 1. The van der Waals surface area contributed by atoms with Crippen molar-refractivity contribution in [2.24, 2.45) is 5.92 Å². The normalized spacial score (nSPS) is 16.0. The summed E-state index contributed by atoms with van der Waals surface area (Å²) in [4.78, 5) is 27.2. The van der Waals surface area contributed by atoms with E-state index < -0.39 is 19.7 Å². The van der Waals surface area contributed by atoms with E-state index in [0.29, 0.717) is 25.6 Å². The second kappa shape index (κ2) is 14.3. The maximum absolute atomic E-state index is 12.2. The predicted octanol–water partition coefficient (Wildman–Crippen LogP) is 5.53. The van der Waals surface area contributed by atoms with Crippen LogP contribution >= 0.6 is 7.64 Å². The number of hydrogen-bond donors (Lipinski definition) is 5. The van der Waals surface area contributed by atoms with Gasteiger partial charge in [0.25, 0.3) is 0 Å². The van der Waals surface area contributed by atoms with Crippen LogP contribution in [0.1, 0.15) is 57.2 Å². The van der Waals surface area contributed by atoms with Crippen LogP contribution in [0.25, 0.3) is 10.9 Å². The molecule has 0 spiro atoms. The SMILES string of the molecule is CC(C)[PH](O)(CCc1cc2ccccc2[nH]1)NC(Cc1ccc(OCCCCC2CCNCC2)cc1)C(=O)O. The molecule has 0 saturated carbocycles. The number of para-hydroxylation sites is 1. The van der Waals surface area contributed by atoms with Crippen molar-refractivity contribution in [2.45, 2.75) is 70.5 Å². The number of carboxylic acids is 1. The monoisotopic (exact) mass is 555 g/mol. The van der Waals surface area contributed by atoms with E-state index >= 15 is 0 Å². The van der Waals surface area contributed by atoms with Gasteiger partial charge >= 0.3 is 196 Å². The summed E-state index contributed by atoms with van der Waals surface area (Å²) in [7, 11) is -3.07. The average molecular weight is 556 g/mol. The molecule has 7 nitrogen and oxygen atoms in total. The minimum absolute atomic E-state index is 0.0331. The Balaban J connectivity index is 1.27. The molecule has 214 valence electrons. The Bertz CT molecular complexity index is 1140. The van der Waals surface area contributed by atoms with E-state index in [1.807, 2.05) is 56.3 Å². The Morgan fingerprint density at radius 1 is 1.10 bits per heavy atom. The predicted molar refractivity (Wildman–Crippen MR) is 162 cm³/mol. The van der Waals surface area contributed by atoms with Gasteiger partial charge in [-0.15, -0.1) is 0 Å². The molecule has 1 fully saturated rings. The van der Waals surface area contributed by atoms with Crippen LogP contribution in [0.15, 0.2) is 54.6 Å². The molecule has 0 aliphatic carbocycles. The summed E-state index contributed by atoms with van der Waals surface area (Å²) in [5.41, 5.74) is 3.00. The van der Waals surface area contributed by atoms with E-state index in [9.17, 15) is 14.8 Å². The molecule has 8 heteroatoms. The molecule has 0 bridgehead atoms. The van der Waals surface area contributed by atoms with Gasteiger partial charge in [0.1, 0.15) is 0 Å². The zero-order valence-corrected chi connectivity index (χ0v) is 24.4. The van der Waals surface area contributed by atoms with Crippen LogP contribution < -0.4 is 15.1 Å². The van der Waals surface area contributed by atoms with Crippen molar-refractivity contribution in [2.75, 3.05) is 25.9 Å². The number of H-pyrrole nitrogens is 1. The number of ether oxygens (including phenoxy) is 1. The van der Waals surface area contributed by atoms with Crippen molar-refractivity contribution in [3.63, 3.8) is 0 Å². The van der Waals surface area contributed by atoms with Gasteiger partial charge in [-0.25, -0.2) is 0 Å². The van der Waals surface area contributed by atoms with Crippen molar-refractivity contribution in [1.82, 2.24) is 15.4 Å². The summed E-state index contributed by atoms with van der Waals surface area (Å²) >= 11 is 0. The Hall–Kier alpha value is -2.44. The molecular formula is C31H46N3O4P. The molecule has 2 heterocycles.